The molecular formula is C10H12F2O3. The summed E-state index contributed by atoms with van der Waals surface area (Å²) in [7, 11) is 0. The lowest BCUT2D eigenvalue weighted by molar-refractivity contribution is 0.0523. The van der Waals surface area contributed by atoms with E-state index in [2.05, 4.69) is 0 Å². The summed E-state index contributed by atoms with van der Waals surface area (Å²) in [4.78, 5) is 0. The highest BCUT2D eigenvalue weighted by atomic mass is 19.1. The number of halogens is 2. The van der Waals surface area contributed by atoms with E-state index in [-0.39, 0.29) is 17.9 Å². The SMILES string of the molecule is Cc1cc(OC[C@H](O)CO)c(F)cc1F. The molecule has 0 bridgehead atoms. The number of rotatable bonds is 4. The minimum Gasteiger partial charge on any atom is -0.488 e. The average Bonchev–Trinajstić information content (AvgIpc) is 2.21. The lowest BCUT2D eigenvalue weighted by Crippen LogP contribution is -2.21. The molecule has 1 aromatic rings. The Morgan fingerprint density at radius 1 is 1.33 bits per heavy atom. The third kappa shape index (κ3) is 3.14. The molecule has 1 rings (SSSR count). The van der Waals surface area contributed by atoms with Crippen molar-refractivity contribution in [2.45, 2.75) is 13.0 Å². The van der Waals surface area contributed by atoms with Crippen molar-refractivity contribution in [3.63, 3.8) is 0 Å². The fraction of sp³-hybridized carbons (Fsp3) is 0.400. The number of ether oxygens (including phenoxy) is 1. The molecule has 0 aliphatic heterocycles. The van der Waals surface area contributed by atoms with Gasteiger partial charge in [-0.25, -0.2) is 8.78 Å². The number of hydrogen-bond donors (Lipinski definition) is 2. The van der Waals surface area contributed by atoms with Gasteiger partial charge in [0.1, 0.15) is 18.5 Å². The van der Waals surface area contributed by atoms with Gasteiger partial charge in [0, 0.05) is 6.07 Å². The van der Waals surface area contributed by atoms with Crippen LogP contribution in [-0.2, 0) is 0 Å². The zero-order valence-corrected chi connectivity index (χ0v) is 8.20. The number of aliphatic hydroxyl groups excluding tert-OH is 2. The van der Waals surface area contributed by atoms with Crippen LogP contribution in [0.1, 0.15) is 5.56 Å². The molecule has 0 aliphatic rings. The number of aryl methyl sites for hydroxylation is 1. The first-order chi connectivity index (χ1) is 7.04. The largest absolute Gasteiger partial charge is 0.488 e. The van der Waals surface area contributed by atoms with Crippen LogP contribution in [0.5, 0.6) is 5.75 Å². The molecule has 5 heteroatoms. The topological polar surface area (TPSA) is 49.7 Å². The van der Waals surface area contributed by atoms with Gasteiger partial charge in [-0.2, -0.15) is 0 Å². The van der Waals surface area contributed by atoms with Crippen LogP contribution in [0.15, 0.2) is 12.1 Å². The van der Waals surface area contributed by atoms with Crippen molar-refractivity contribution in [3.05, 3.63) is 29.3 Å². The predicted octanol–water partition coefficient (Wildman–Crippen LogP) is 1.01. The quantitative estimate of drug-likeness (QED) is 0.792. The average molecular weight is 218 g/mol. The van der Waals surface area contributed by atoms with Crippen LogP contribution in [0.3, 0.4) is 0 Å². The predicted molar refractivity (Wildman–Crippen MR) is 49.7 cm³/mol. The molecular weight excluding hydrogens is 206 g/mol. The van der Waals surface area contributed by atoms with Gasteiger partial charge in [-0.15, -0.1) is 0 Å². The van der Waals surface area contributed by atoms with Gasteiger partial charge in [0.2, 0.25) is 0 Å². The van der Waals surface area contributed by atoms with Crippen LogP contribution in [0.4, 0.5) is 8.78 Å². The molecule has 0 amide bonds. The Hall–Kier alpha value is -1.20. The summed E-state index contributed by atoms with van der Waals surface area (Å²) in [6, 6.07) is 1.92. The lowest BCUT2D eigenvalue weighted by atomic mass is 10.2. The molecule has 84 valence electrons. The molecule has 2 N–H and O–H groups in total. The smallest absolute Gasteiger partial charge is 0.167 e. The van der Waals surface area contributed by atoms with Crippen LogP contribution in [0.2, 0.25) is 0 Å². The molecule has 0 aliphatic carbocycles. The Labute approximate surface area is 85.9 Å². The minimum atomic E-state index is -1.07. The number of aliphatic hydroxyl groups is 2. The Kier molecular flexibility index (Phi) is 3.99. The summed E-state index contributed by atoms with van der Waals surface area (Å²) in [5.74, 6) is -1.62. The summed E-state index contributed by atoms with van der Waals surface area (Å²) in [6.07, 6.45) is -1.07. The summed E-state index contributed by atoms with van der Waals surface area (Å²) >= 11 is 0. The van der Waals surface area contributed by atoms with Crippen LogP contribution >= 0.6 is 0 Å². The lowest BCUT2D eigenvalue weighted by Gasteiger charge is -2.11. The van der Waals surface area contributed by atoms with Gasteiger partial charge in [0.25, 0.3) is 0 Å². The van der Waals surface area contributed by atoms with Crippen LogP contribution < -0.4 is 4.74 Å². The van der Waals surface area contributed by atoms with E-state index in [1.807, 2.05) is 0 Å². The standard InChI is InChI=1S/C10H12F2O3/c1-6-2-10(9(12)3-8(6)11)15-5-7(14)4-13/h2-3,7,13-14H,4-5H2,1H3/t7-/m1/s1. The van der Waals surface area contributed by atoms with E-state index in [0.29, 0.717) is 0 Å². The highest BCUT2D eigenvalue weighted by Gasteiger charge is 2.10. The van der Waals surface area contributed by atoms with Crippen LogP contribution in [0, 0.1) is 18.6 Å². The zero-order valence-electron chi connectivity index (χ0n) is 8.20. The molecule has 0 fully saturated rings. The van der Waals surface area contributed by atoms with Gasteiger partial charge in [0.05, 0.1) is 6.61 Å². The normalized spacial score (nSPS) is 12.6. The number of hydrogen-bond acceptors (Lipinski definition) is 3. The van der Waals surface area contributed by atoms with Crippen LogP contribution in [0.25, 0.3) is 0 Å². The Morgan fingerprint density at radius 3 is 2.60 bits per heavy atom. The summed E-state index contributed by atoms with van der Waals surface area (Å²) < 4.78 is 30.8. The molecule has 15 heavy (non-hydrogen) atoms. The van der Waals surface area contributed by atoms with E-state index in [1.54, 1.807) is 0 Å². The zero-order chi connectivity index (χ0) is 11.4. The monoisotopic (exact) mass is 218 g/mol. The van der Waals surface area contributed by atoms with Crippen molar-refractivity contribution in [1.82, 2.24) is 0 Å². The molecule has 0 heterocycles. The van der Waals surface area contributed by atoms with Gasteiger partial charge < -0.3 is 14.9 Å². The van der Waals surface area contributed by atoms with Gasteiger partial charge in [-0.05, 0) is 18.6 Å². The second-order valence-electron chi connectivity index (χ2n) is 3.18. The highest BCUT2D eigenvalue weighted by molar-refractivity contribution is 5.30. The molecule has 0 radical (unpaired) electrons. The fourth-order valence-electron chi connectivity index (χ4n) is 0.980. The van der Waals surface area contributed by atoms with Crippen molar-refractivity contribution in [2.75, 3.05) is 13.2 Å². The Balaban J connectivity index is 2.73. The summed E-state index contributed by atoms with van der Waals surface area (Å²) in [5.41, 5.74) is 0.255. The van der Waals surface area contributed by atoms with Crippen molar-refractivity contribution in [2.24, 2.45) is 0 Å². The molecule has 3 nitrogen and oxygen atoms in total. The summed E-state index contributed by atoms with van der Waals surface area (Å²) in [6.45, 7) is 0.768. The van der Waals surface area contributed by atoms with E-state index in [4.69, 9.17) is 14.9 Å². The first-order valence-electron chi connectivity index (χ1n) is 4.42. The van der Waals surface area contributed by atoms with Crippen molar-refractivity contribution in [1.29, 1.82) is 0 Å². The summed E-state index contributed by atoms with van der Waals surface area (Å²) in [5, 5.41) is 17.5. The molecule has 1 aromatic carbocycles. The molecule has 1 atom stereocenters. The Morgan fingerprint density at radius 2 is 2.00 bits per heavy atom. The third-order valence-corrected chi connectivity index (χ3v) is 1.86. The molecule has 0 saturated carbocycles. The maximum Gasteiger partial charge on any atom is 0.167 e. The van der Waals surface area contributed by atoms with Gasteiger partial charge >= 0.3 is 0 Å². The van der Waals surface area contributed by atoms with Gasteiger partial charge in [-0.3, -0.25) is 0 Å². The van der Waals surface area contributed by atoms with Crippen LogP contribution in [-0.4, -0.2) is 29.5 Å². The Bertz CT molecular complexity index is 342. The van der Waals surface area contributed by atoms with Crippen molar-refractivity contribution >= 4 is 0 Å². The van der Waals surface area contributed by atoms with E-state index in [0.717, 1.165) is 6.07 Å². The van der Waals surface area contributed by atoms with Crippen molar-refractivity contribution < 1.29 is 23.7 Å². The molecule has 0 aromatic heterocycles. The third-order valence-electron chi connectivity index (χ3n) is 1.86. The van der Waals surface area contributed by atoms with Gasteiger partial charge in [-0.1, -0.05) is 0 Å². The maximum absolute atomic E-state index is 13.1. The fourth-order valence-corrected chi connectivity index (χ4v) is 0.980. The first-order valence-corrected chi connectivity index (χ1v) is 4.42. The second kappa shape index (κ2) is 5.04. The number of benzene rings is 1. The molecule has 0 unspecified atom stereocenters. The second-order valence-corrected chi connectivity index (χ2v) is 3.18. The van der Waals surface area contributed by atoms with Gasteiger partial charge in [0.15, 0.2) is 11.6 Å². The molecule has 0 saturated heterocycles. The minimum absolute atomic E-state index is 0.138. The van der Waals surface area contributed by atoms with Crippen molar-refractivity contribution in [3.8, 4) is 5.75 Å². The van der Waals surface area contributed by atoms with E-state index in [9.17, 15) is 8.78 Å². The van der Waals surface area contributed by atoms with E-state index < -0.39 is 24.3 Å². The maximum atomic E-state index is 13.1. The first kappa shape index (κ1) is 11.9. The molecule has 0 spiro atoms. The van der Waals surface area contributed by atoms with E-state index >= 15 is 0 Å². The highest BCUT2D eigenvalue weighted by Crippen LogP contribution is 2.21. The van der Waals surface area contributed by atoms with E-state index in [1.165, 1.54) is 13.0 Å².